The second kappa shape index (κ2) is 6.03. The molecule has 0 saturated carbocycles. The lowest BCUT2D eigenvalue weighted by Gasteiger charge is -1.98. The Morgan fingerprint density at radius 2 is 2.05 bits per heavy atom. The number of hydrogen-bond acceptors (Lipinski definition) is 2. The van der Waals surface area contributed by atoms with Crippen LogP contribution in [0.5, 0.6) is 0 Å². The smallest absolute Gasteiger partial charge is 0.391 e. The highest BCUT2D eigenvalue weighted by molar-refractivity contribution is 9.11. The minimum absolute atomic E-state index is 0.421. The predicted molar refractivity (Wildman–Crippen MR) is 81.3 cm³/mol. The van der Waals surface area contributed by atoms with Gasteiger partial charge in [0.2, 0.25) is 0 Å². The first-order valence-corrected chi connectivity index (χ1v) is 8.25. The molecule has 0 radical (unpaired) electrons. The van der Waals surface area contributed by atoms with Crippen LogP contribution in [0.2, 0.25) is 5.02 Å². The van der Waals surface area contributed by atoms with Crippen molar-refractivity contribution in [2.45, 2.75) is 19.1 Å². The Labute approximate surface area is 127 Å². The van der Waals surface area contributed by atoms with Gasteiger partial charge in [-0.05, 0) is 24.6 Å². The summed E-state index contributed by atoms with van der Waals surface area (Å²) in [7, 11) is -0.434. The van der Waals surface area contributed by atoms with Crippen LogP contribution in [0.15, 0.2) is 28.2 Å². The van der Waals surface area contributed by atoms with Gasteiger partial charge in [-0.15, -0.1) is 0 Å². The van der Waals surface area contributed by atoms with Crippen molar-refractivity contribution in [3.8, 4) is 0 Å². The Kier molecular flexibility index (Phi) is 4.60. The van der Waals surface area contributed by atoms with Crippen molar-refractivity contribution in [2.24, 2.45) is 0 Å². The molecule has 0 fully saturated rings. The van der Waals surface area contributed by atoms with Gasteiger partial charge >= 0.3 is 9.89 Å². The third kappa shape index (κ3) is 3.16. The number of carboxylic acid groups (broad SMARTS) is 1. The quantitative estimate of drug-likeness (QED) is 0.812. The van der Waals surface area contributed by atoms with E-state index in [9.17, 15) is 9.90 Å². The number of carboxylic acids is 1. The molecule has 1 N–H and O–H groups in total. The minimum atomic E-state index is -0.882. The van der Waals surface area contributed by atoms with Gasteiger partial charge in [0.05, 0.1) is 0 Å². The van der Waals surface area contributed by atoms with Crippen molar-refractivity contribution in [3.63, 3.8) is 0 Å². The average Bonchev–Trinajstić information content (AvgIpc) is 2.68. The van der Waals surface area contributed by atoms with E-state index in [1.54, 1.807) is 12.1 Å². The highest BCUT2D eigenvalue weighted by Gasteiger charge is 2.31. The summed E-state index contributed by atoms with van der Waals surface area (Å²) in [5, 5.41) is 10.0. The number of rotatable bonds is 4. The van der Waals surface area contributed by atoms with Crippen molar-refractivity contribution in [2.75, 3.05) is 0 Å². The van der Waals surface area contributed by atoms with Crippen LogP contribution in [-0.4, -0.2) is 16.1 Å². The fourth-order valence-corrected chi connectivity index (χ4v) is 4.89. The van der Waals surface area contributed by atoms with Gasteiger partial charge in [0.15, 0.2) is 0 Å². The van der Waals surface area contributed by atoms with Crippen molar-refractivity contribution in [3.05, 3.63) is 49.3 Å². The molecule has 1 unspecified atom stereocenters. The molecule has 1 heterocycles. The topological polar surface area (TPSA) is 50.2 Å². The number of aromatic carboxylic acids is 1. The zero-order valence-corrected chi connectivity index (χ0v) is 13.3. The number of benzene rings is 1. The molecule has 0 amide bonds. The zero-order valence-electron chi connectivity index (χ0n) is 10.2. The summed E-state index contributed by atoms with van der Waals surface area (Å²) in [5.74, 6) is -0.136. The summed E-state index contributed by atoms with van der Waals surface area (Å²) in [6.07, 6.45) is 0.511. The molecule has 0 bridgehead atoms. The molecular weight excluding hydrogens is 350 g/mol. The summed E-state index contributed by atoms with van der Waals surface area (Å²) < 4.78 is 0.733. The highest BCUT2D eigenvalue weighted by atomic mass is 79.9. The molecule has 1 aromatic heterocycles. The molecular formula is C13H12BrClNO2S+. The number of nitrogens with zero attached hydrogens (tertiary/aromatic N) is 1. The van der Waals surface area contributed by atoms with Gasteiger partial charge in [0.25, 0.3) is 4.88 Å². The molecule has 2 rings (SSSR count). The van der Waals surface area contributed by atoms with Crippen LogP contribution in [0.4, 0.5) is 0 Å². The van der Waals surface area contributed by atoms with E-state index < -0.39 is 16.4 Å². The summed E-state index contributed by atoms with van der Waals surface area (Å²) in [6, 6.07) is 7.37. The standard InChI is InChI=1S/C13H11BrClNO2S/c1-2-19-11(12(17)18)10(16-13(19)14)7-8-3-5-9(15)6-4-8/h3-6H,2,7H2,1H3/p+1. The fourth-order valence-electron chi connectivity index (χ4n) is 1.85. The van der Waals surface area contributed by atoms with Crippen LogP contribution in [0.3, 0.4) is 0 Å². The van der Waals surface area contributed by atoms with E-state index >= 15 is 0 Å². The third-order valence-electron chi connectivity index (χ3n) is 2.70. The molecule has 0 aliphatic carbocycles. The predicted octanol–water partition coefficient (Wildman–Crippen LogP) is 4.56. The van der Waals surface area contributed by atoms with Gasteiger partial charge in [0.1, 0.15) is 11.4 Å². The molecule has 3 nitrogen and oxygen atoms in total. The monoisotopic (exact) mass is 360 g/mol. The number of halogens is 2. The lowest BCUT2D eigenvalue weighted by atomic mass is 10.1. The maximum atomic E-state index is 11.4. The van der Waals surface area contributed by atoms with Gasteiger partial charge in [-0.1, -0.05) is 23.7 Å². The van der Waals surface area contributed by atoms with E-state index in [2.05, 4.69) is 20.9 Å². The van der Waals surface area contributed by atoms with Gasteiger partial charge < -0.3 is 5.11 Å². The maximum Gasteiger partial charge on any atom is 0.391 e. The first kappa shape index (κ1) is 14.5. The Morgan fingerprint density at radius 1 is 1.42 bits per heavy atom. The molecule has 0 spiro atoms. The van der Waals surface area contributed by atoms with Crippen LogP contribution in [0.25, 0.3) is 0 Å². The number of thiazole rings is 1. The van der Waals surface area contributed by atoms with E-state index in [1.165, 1.54) is 0 Å². The second-order valence-corrected chi connectivity index (χ2v) is 7.79. The van der Waals surface area contributed by atoms with Crippen LogP contribution in [0, 0.1) is 0 Å². The largest absolute Gasteiger partial charge is 0.474 e. The minimum Gasteiger partial charge on any atom is -0.474 e. The van der Waals surface area contributed by atoms with Gasteiger partial charge in [-0.2, -0.15) is 4.98 Å². The second-order valence-electron chi connectivity index (χ2n) is 3.93. The number of carbonyl (C=O) groups is 1. The van der Waals surface area contributed by atoms with Crippen molar-refractivity contribution >= 4 is 44.0 Å². The molecule has 1 atom stereocenters. The summed E-state index contributed by atoms with van der Waals surface area (Å²) in [6.45, 7) is 1.97. The van der Waals surface area contributed by atoms with Crippen LogP contribution < -0.4 is 0 Å². The molecule has 0 saturated heterocycles. The van der Waals surface area contributed by atoms with Crippen molar-refractivity contribution < 1.29 is 9.90 Å². The van der Waals surface area contributed by atoms with Crippen molar-refractivity contribution in [1.82, 2.24) is 4.98 Å². The fraction of sp³-hybridized carbons (Fsp3) is 0.231. The van der Waals surface area contributed by atoms with E-state index in [-0.39, 0.29) is 0 Å². The Morgan fingerprint density at radius 3 is 2.58 bits per heavy atom. The van der Waals surface area contributed by atoms with E-state index in [4.69, 9.17) is 11.6 Å². The average molecular weight is 362 g/mol. The molecule has 19 heavy (non-hydrogen) atoms. The third-order valence-corrected chi connectivity index (χ3v) is 6.28. The first-order valence-electron chi connectivity index (χ1n) is 5.69. The van der Waals surface area contributed by atoms with Crippen LogP contribution >= 0.6 is 38.0 Å². The molecule has 1 aromatic carbocycles. The van der Waals surface area contributed by atoms with Crippen LogP contribution in [-0.2, 0) is 12.2 Å². The normalized spacial score (nSPS) is 11.6. The molecule has 2 aromatic rings. The molecule has 0 aliphatic heterocycles. The Balaban J connectivity index is 2.39. The lowest BCUT2D eigenvalue weighted by molar-refractivity contribution is 0.0700. The van der Waals surface area contributed by atoms with Gasteiger partial charge in [-0.3, -0.25) is 0 Å². The molecule has 0 aliphatic rings. The van der Waals surface area contributed by atoms with E-state index in [0.29, 0.717) is 22.0 Å². The summed E-state index contributed by atoms with van der Waals surface area (Å²) in [4.78, 5) is 16.2. The molecule has 6 heteroatoms. The van der Waals surface area contributed by atoms with Crippen molar-refractivity contribution in [1.29, 1.82) is 0 Å². The first-order chi connectivity index (χ1) is 9.02. The molecule has 100 valence electrons. The van der Waals surface area contributed by atoms with Crippen LogP contribution in [0.1, 0.15) is 27.9 Å². The van der Waals surface area contributed by atoms with E-state index in [0.717, 1.165) is 15.2 Å². The Bertz CT molecular complexity index is 610. The van der Waals surface area contributed by atoms with Gasteiger partial charge in [-0.25, -0.2) is 4.79 Å². The number of hydrogen-bond donors (Lipinski definition) is 1. The maximum absolute atomic E-state index is 11.4. The van der Waals surface area contributed by atoms with Gasteiger partial charge in [0, 0.05) is 37.8 Å². The Hall–Kier alpha value is -0.910. The SMILES string of the molecule is CC[s+]1c(Br)nc(Cc2ccc(Cl)cc2)c1C(=O)O. The van der Waals surface area contributed by atoms with E-state index in [1.807, 2.05) is 19.1 Å². The zero-order chi connectivity index (χ0) is 14.0. The number of aromatic nitrogens is 1. The highest BCUT2D eigenvalue weighted by Crippen LogP contribution is 2.37. The lowest BCUT2D eigenvalue weighted by Crippen LogP contribution is -2.01. The summed E-state index contributed by atoms with van der Waals surface area (Å²) >= 11 is 9.21. The summed E-state index contributed by atoms with van der Waals surface area (Å²) in [5.41, 5.74) is 1.63.